The zero-order chi connectivity index (χ0) is 49.4. The zero-order valence-electron chi connectivity index (χ0n) is 40.6. The molecular formula is C55H64ClN7O5S2. The molecule has 5 N–H and O–H groups in total. The van der Waals surface area contributed by atoms with Crippen molar-refractivity contribution in [3.05, 3.63) is 143 Å². The van der Waals surface area contributed by atoms with Crippen molar-refractivity contribution in [1.29, 1.82) is 0 Å². The number of hydrogen-bond donors (Lipinski definition) is 5. The molecular weight excluding hydrogens is 938 g/mol. The van der Waals surface area contributed by atoms with Gasteiger partial charge in [0.1, 0.15) is 0 Å². The van der Waals surface area contributed by atoms with E-state index in [9.17, 15) is 23.4 Å². The van der Waals surface area contributed by atoms with Crippen molar-refractivity contribution in [2.45, 2.75) is 80.0 Å². The van der Waals surface area contributed by atoms with Crippen molar-refractivity contribution in [3.8, 4) is 22.4 Å². The highest BCUT2D eigenvalue weighted by Crippen LogP contribution is 2.41. The Hall–Kier alpha value is -5.48. The summed E-state index contributed by atoms with van der Waals surface area (Å²) in [6, 6.07) is 39.3. The van der Waals surface area contributed by atoms with Gasteiger partial charge in [-0.3, -0.25) is 14.4 Å². The Labute approximate surface area is 422 Å². The highest BCUT2D eigenvalue weighted by Gasteiger charge is 2.40. The van der Waals surface area contributed by atoms with E-state index < -0.39 is 21.2 Å². The molecule has 0 bridgehead atoms. The van der Waals surface area contributed by atoms with E-state index in [0.29, 0.717) is 42.2 Å². The first-order valence-corrected chi connectivity index (χ1v) is 27.0. The maximum Gasteiger partial charge on any atom is 0.261 e. The van der Waals surface area contributed by atoms with Crippen LogP contribution >= 0.6 is 23.4 Å². The molecule has 3 heterocycles. The van der Waals surface area contributed by atoms with Gasteiger partial charge in [0.15, 0.2) is 0 Å². The number of rotatable bonds is 17. The Balaban J connectivity index is 0.839. The molecule has 0 unspecified atom stereocenters. The molecule has 1 saturated carbocycles. The number of aliphatic hydroxyl groups is 2. The molecule has 9 rings (SSSR count). The summed E-state index contributed by atoms with van der Waals surface area (Å²) in [5, 5.41) is 28.2. The molecule has 0 radical (unpaired) electrons. The minimum Gasteiger partial charge on any atom is -0.390 e. The summed E-state index contributed by atoms with van der Waals surface area (Å²) in [5.74, 6) is 0.692. The lowest BCUT2D eigenvalue weighted by Gasteiger charge is -2.44. The smallest absolute Gasteiger partial charge is 0.261 e. The van der Waals surface area contributed by atoms with Crippen molar-refractivity contribution in [3.63, 3.8) is 0 Å². The molecule has 6 aromatic rings. The highest BCUT2D eigenvalue weighted by molar-refractivity contribution is 7.99. The van der Waals surface area contributed by atoms with Gasteiger partial charge in [-0.25, -0.2) is 8.42 Å². The first-order valence-electron chi connectivity index (χ1n) is 24.1. The van der Waals surface area contributed by atoms with E-state index in [1.54, 1.807) is 30.8 Å². The molecule has 3 aliphatic rings. The minimum atomic E-state index is -3.86. The topological polar surface area (TPSA) is 142 Å². The van der Waals surface area contributed by atoms with E-state index in [1.807, 2.05) is 101 Å². The maximum absolute atomic E-state index is 14.1. The number of carbonyl (C=O) groups excluding carboxylic acids is 1. The Bertz CT molecular complexity index is 2920. The zero-order valence-corrected chi connectivity index (χ0v) is 43.0. The van der Waals surface area contributed by atoms with Crippen LogP contribution in [0.5, 0.6) is 0 Å². The molecule has 1 aliphatic carbocycles. The van der Waals surface area contributed by atoms with Crippen LogP contribution in [0.25, 0.3) is 22.4 Å². The van der Waals surface area contributed by atoms with E-state index >= 15 is 0 Å². The number of aryl methyl sites for hydroxylation is 1. The SMILES string of the molecule is Cc1cc(S(=O)(=O)Nc2ccc(N3CCN(c4cccc(-c5c(C(=O)NC6CC(C)(O)C6)c(C)n(C)c5-c5ccc(Cl)cc5)c4)CC3)cc2)ccc1N[C@H](CCN1CC(C)(O)C1)CSc1ccccc1. The van der Waals surface area contributed by atoms with Gasteiger partial charge in [-0.05, 0) is 143 Å². The normalized spacial score (nSPS) is 19.5. The molecule has 2 aliphatic heterocycles. The second-order valence-electron chi connectivity index (χ2n) is 19.9. The number of thioether (sulfide) groups is 1. The van der Waals surface area contributed by atoms with Crippen molar-refractivity contribution in [1.82, 2.24) is 14.8 Å². The second kappa shape index (κ2) is 20.3. The lowest BCUT2D eigenvalue weighted by molar-refractivity contribution is -0.0834. The number of β-amino-alcohol motifs (C(OH)–C–C–N with tert-alkyl or cyclic N) is 1. The van der Waals surface area contributed by atoms with Crippen LogP contribution in [0.15, 0.2) is 131 Å². The van der Waals surface area contributed by atoms with Crippen LogP contribution in [0.1, 0.15) is 54.7 Å². The van der Waals surface area contributed by atoms with Gasteiger partial charge >= 0.3 is 0 Å². The number of likely N-dealkylation sites (tertiary alicyclic amines) is 1. The number of nitrogens with zero attached hydrogens (tertiary/aromatic N) is 4. The van der Waals surface area contributed by atoms with Crippen LogP contribution in [-0.4, -0.2) is 109 Å². The van der Waals surface area contributed by atoms with E-state index in [2.05, 4.69) is 71.0 Å². The minimum absolute atomic E-state index is 0.0881. The number of anilines is 4. The van der Waals surface area contributed by atoms with Gasteiger partial charge in [-0.1, -0.05) is 54.1 Å². The van der Waals surface area contributed by atoms with Gasteiger partial charge in [-0.2, -0.15) is 0 Å². The predicted molar refractivity (Wildman–Crippen MR) is 286 cm³/mol. The van der Waals surface area contributed by atoms with Crippen molar-refractivity contribution in [2.24, 2.45) is 7.05 Å². The molecule has 5 aromatic carbocycles. The molecule has 368 valence electrons. The van der Waals surface area contributed by atoms with Crippen LogP contribution in [0.4, 0.5) is 22.7 Å². The third-order valence-electron chi connectivity index (χ3n) is 14.0. The lowest BCUT2D eigenvalue weighted by atomic mass is 9.77. The molecule has 3 fully saturated rings. The lowest BCUT2D eigenvalue weighted by Crippen LogP contribution is -2.60. The Morgan fingerprint density at radius 1 is 0.800 bits per heavy atom. The van der Waals surface area contributed by atoms with Crippen LogP contribution in [0.2, 0.25) is 5.02 Å². The number of carbonyl (C=O) groups is 1. The number of nitrogens with one attached hydrogen (secondary N) is 3. The third kappa shape index (κ3) is 11.3. The number of halogens is 1. The van der Waals surface area contributed by atoms with E-state index in [0.717, 1.165) is 95.6 Å². The standard InChI is InChI=1S/C55H64ClN7O5S2/c1-37-30-48(22-23-49(37)57-43(24-25-61-35-55(4,66)36-61)34-69-47-12-7-6-8-13-47)70(67,68)59-42-18-20-45(21-19-42)62-26-28-63(29-27-62)46-11-9-10-40(31-46)51-50(53(64)58-44-32-54(3,65)33-44)38(2)60(5)52(51)39-14-16-41(56)17-15-39/h6-23,30-31,43-44,57,59,65-66H,24-29,32-36H2,1-5H3,(H,58,64)/t43-,44?,54?/m1/s1. The predicted octanol–water partition coefficient (Wildman–Crippen LogP) is 9.43. The highest BCUT2D eigenvalue weighted by atomic mass is 35.5. The summed E-state index contributed by atoms with van der Waals surface area (Å²) < 4.78 is 32.3. The molecule has 0 spiro atoms. The van der Waals surface area contributed by atoms with Crippen molar-refractivity contribution >= 4 is 62.0 Å². The fourth-order valence-electron chi connectivity index (χ4n) is 10.2. The van der Waals surface area contributed by atoms with Crippen LogP contribution < -0.4 is 25.2 Å². The van der Waals surface area contributed by atoms with Crippen molar-refractivity contribution in [2.75, 3.05) is 71.4 Å². The number of benzene rings is 5. The summed E-state index contributed by atoms with van der Waals surface area (Å²) in [4.78, 5) is 22.4. The second-order valence-corrected chi connectivity index (χ2v) is 23.2. The number of amides is 1. The summed E-state index contributed by atoms with van der Waals surface area (Å²) in [6.45, 7) is 12.9. The number of hydrogen-bond acceptors (Lipinski definition) is 10. The Morgan fingerprint density at radius 3 is 2.11 bits per heavy atom. The summed E-state index contributed by atoms with van der Waals surface area (Å²) in [7, 11) is -1.87. The quantitative estimate of drug-likeness (QED) is 0.0562. The van der Waals surface area contributed by atoms with Crippen LogP contribution in [0, 0.1) is 13.8 Å². The monoisotopic (exact) mass is 1000 g/mol. The summed E-state index contributed by atoms with van der Waals surface area (Å²) >= 11 is 8.11. The number of aromatic nitrogens is 1. The van der Waals surface area contributed by atoms with E-state index in [-0.39, 0.29) is 22.9 Å². The summed E-state index contributed by atoms with van der Waals surface area (Å²) in [5.41, 5.74) is 8.08. The van der Waals surface area contributed by atoms with Gasteiger partial charge in [0, 0.05) is 115 Å². The van der Waals surface area contributed by atoms with Crippen LogP contribution in [-0.2, 0) is 17.1 Å². The molecule has 12 nitrogen and oxygen atoms in total. The van der Waals surface area contributed by atoms with Gasteiger partial charge in [0.05, 0.1) is 27.4 Å². The Kier molecular flexibility index (Phi) is 14.4. The van der Waals surface area contributed by atoms with E-state index in [4.69, 9.17) is 11.6 Å². The van der Waals surface area contributed by atoms with Crippen LogP contribution in [0.3, 0.4) is 0 Å². The molecule has 1 atom stereocenters. The largest absolute Gasteiger partial charge is 0.390 e. The average Bonchev–Trinajstić information content (AvgIpc) is 3.59. The molecule has 1 aromatic heterocycles. The van der Waals surface area contributed by atoms with E-state index in [1.165, 1.54) is 4.90 Å². The molecule has 15 heteroatoms. The van der Waals surface area contributed by atoms with Gasteiger partial charge in [0.2, 0.25) is 0 Å². The molecule has 1 amide bonds. The summed E-state index contributed by atoms with van der Waals surface area (Å²) in [6.07, 6.45) is 1.92. The van der Waals surface area contributed by atoms with Gasteiger partial charge in [0.25, 0.3) is 15.9 Å². The van der Waals surface area contributed by atoms with Gasteiger partial charge in [-0.15, -0.1) is 11.8 Å². The third-order valence-corrected chi connectivity index (χ3v) is 16.8. The first kappa shape index (κ1) is 49.5. The number of sulfonamides is 1. The maximum atomic E-state index is 14.1. The van der Waals surface area contributed by atoms with Gasteiger partial charge < -0.3 is 35.2 Å². The average molecular weight is 1000 g/mol. The molecule has 70 heavy (non-hydrogen) atoms. The Morgan fingerprint density at radius 2 is 1.47 bits per heavy atom. The fourth-order valence-corrected chi connectivity index (χ4v) is 12.5. The van der Waals surface area contributed by atoms with Crippen molar-refractivity contribution < 1.29 is 23.4 Å². The fraction of sp³-hybridized carbons (Fsp3) is 0.364. The number of piperazine rings is 1. The molecule has 2 saturated heterocycles. The first-order chi connectivity index (χ1) is 33.4.